The number of sulfone groups is 1. The molecule has 0 saturated carbocycles. The second-order valence-corrected chi connectivity index (χ2v) is 4.39. The summed E-state index contributed by atoms with van der Waals surface area (Å²) in [6.45, 7) is 3.38. The third kappa shape index (κ3) is 1.82. The minimum Gasteiger partial charge on any atom is -0.356 e. The van der Waals surface area contributed by atoms with Gasteiger partial charge in [-0.3, -0.25) is 9.59 Å². The van der Waals surface area contributed by atoms with Crippen molar-refractivity contribution in [2.24, 2.45) is 5.73 Å². The number of carbonyl (C=O) groups is 1. The number of pyridine rings is 1. The second kappa shape index (κ2) is 3.26. The first-order chi connectivity index (χ1) is 6.34. The molecular formula is C7H7N2O4S. The van der Waals surface area contributed by atoms with Crippen LogP contribution in [-0.2, 0) is 9.84 Å². The molecule has 1 amide bonds. The van der Waals surface area contributed by atoms with Crippen molar-refractivity contribution in [2.75, 3.05) is 0 Å². The van der Waals surface area contributed by atoms with Gasteiger partial charge in [-0.15, -0.1) is 0 Å². The summed E-state index contributed by atoms with van der Waals surface area (Å²) in [5.41, 5.74) is 4.17. The molecule has 75 valence electrons. The zero-order valence-corrected chi connectivity index (χ0v) is 7.80. The zero-order valence-electron chi connectivity index (χ0n) is 6.98. The van der Waals surface area contributed by atoms with Crippen LogP contribution in [0.3, 0.4) is 0 Å². The molecule has 0 unspecified atom stereocenters. The standard InChI is InChI=1S/C7H7N2O4S/c1-4-2-5(10)9-6(3-4)14(12,13)7(8)11/h2-3H,1H2,(H2,8,11)(H,9,10). The number of carbonyl (C=O) groups excluding carboxylic acids is 1. The average Bonchev–Trinajstić information content (AvgIpc) is 2.01. The minimum atomic E-state index is -4.28. The molecule has 0 saturated heterocycles. The number of hydrogen-bond acceptors (Lipinski definition) is 4. The van der Waals surface area contributed by atoms with Gasteiger partial charge in [-0.25, -0.2) is 8.42 Å². The van der Waals surface area contributed by atoms with Crippen molar-refractivity contribution in [3.8, 4) is 0 Å². The number of nitrogens with two attached hydrogens (primary N) is 1. The fourth-order valence-corrected chi connectivity index (χ4v) is 1.58. The largest absolute Gasteiger partial charge is 0.356 e. The number of hydrogen-bond donors (Lipinski definition) is 2. The Hall–Kier alpha value is -1.63. The van der Waals surface area contributed by atoms with Gasteiger partial charge in [0.25, 0.3) is 9.84 Å². The third-order valence-corrected chi connectivity index (χ3v) is 2.76. The predicted molar refractivity (Wildman–Crippen MR) is 48.3 cm³/mol. The molecule has 1 aromatic rings. The highest BCUT2D eigenvalue weighted by molar-refractivity contribution is 8.05. The highest BCUT2D eigenvalue weighted by Gasteiger charge is 2.22. The Labute approximate surface area is 79.7 Å². The van der Waals surface area contributed by atoms with Crippen LogP contribution in [0.25, 0.3) is 0 Å². The van der Waals surface area contributed by atoms with Crippen LogP contribution in [0.5, 0.6) is 0 Å². The van der Waals surface area contributed by atoms with Crippen LogP contribution < -0.4 is 11.3 Å². The van der Waals surface area contributed by atoms with Crippen LogP contribution in [0.1, 0.15) is 5.56 Å². The van der Waals surface area contributed by atoms with E-state index in [0.29, 0.717) is 0 Å². The van der Waals surface area contributed by atoms with Gasteiger partial charge in [-0.05, 0) is 18.6 Å². The molecule has 6 nitrogen and oxygen atoms in total. The highest BCUT2D eigenvalue weighted by Crippen LogP contribution is 2.06. The van der Waals surface area contributed by atoms with Gasteiger partial charge in [-0.1, -0.05) is 0 Å². The van der Waals surface area contributed by atoms with E-state index in [2.05, 4.69) is 12.7 Å². The Morgan fingerprint density at radius 3 is 2.43 bits per heavy atom. The summed E-state index contributed by atoms with van der Waals surface area (Å²) in [6.07, 6.45) is 0. The Morgan fingerprint density at radius 2 is 2.00 bits per heavy atom. The molecule has 0 aliphatic heterocycles. The molecule has 14 heavy (non-hydrogen) atoms. The van der Waals surface area contributed by atoms with Gasteiger partial charge in [0.1, 0.15) is 5.03 Å². The number of aromatic amines is 1. The van der Waals surface area contributed by atoms with E-state index >= 15 is 0 Å². The van der Waals surface area contributed by atoms with Crippen LogP contribution in [0.4, 0.5) is 4.79 Å². The van der Waals surface area contributed by atoms with E-state index < -0.39 is 25.7 Å². The zero-order chi connectivity index (χ0) is 10.9. The monoisotopic (exact) mass is 215 g/mol. The molecular weight excluding hydrogens is 208 g/mol. The third-order valence-electron chi connectivity index (χ3n) is 1.43. The molecule has 0 bridgehead atoms. The molecule has 0 aliphatic carbocycles. The van der Waals surface area contributed by atoms with Crippen molar-refractivity contribution in [3.63, 3.8) is 0 Å². The number of aromatic nitrogens is 1. The summed E-state index contributed by atoms with van der Waals surface area (Å²) in [5.74, 6) is 0. The smallest absolute Gasteiger partial charge is 0.340 e. The summed E-state index contributed by atoms with van der Waals surface area (Å²) in [6, 6.07) is 2.15. The Kier molecular flexibility index (Phi) is 2.43. The molecule has 0 aliphatic rings. The molecule has 1 rings (SSSR count). The van der Waals surface area contributed by atoms with Gasteiger partial charge < -0.3 is 10.7 Å². The first-order valence-corrected chi connectivity index (χ1v) is 4.93. The topological polar surface area (TPSA) is 110 Å². The molecule has 0 fully saturated rings. The molecule has 0 spiro atoms. The van der Waals surface area contributed by atoms with Gasteiger partial charge in [0.05, 0.1) is 0 Å². The summed E-state index contributed by atoms with van der Waals surface area (Å²) in [4.78, 5) is 23.4. The molecule has 0 atom stereocenters. The Bertz CT molecular complexity index is 529. The van der Waals surface area contributed by atoms with Crippen molar-refractivity contribution in [1.82, 2.24) is 4.98 Å². The summed E-state index contributed by atoms with van der Waals surface area (Å²) in [5, 5.41) is -2.05. The SMILES string of the molecule is [CH2]c1cc(S(=O)(=O)C(N)=O)[nH]c(=O)c1. The fourth-order valence-electron chi connectivity index (χ4n) is 0.825. The number of amides is 1. The van der Waals surface area contributed by atoms with Crippen LogP contribution in [-0.4, -0.2) is 18.6 Å². The first kappa shape index (κ1) is 10.5. The number of primary amides is 1. The molecule has 1 heterocycles. The van der Waals surface area contributed by atoms with Crippen molar-refractivity contribution in [1.29, 1.82) is 0 Å². The second-order valence-electron chi connectivity index (χ2n) is 2.54. The maximum atomic E-state index is 11.2. The van der Waals surface area contributed by atoms with E-state index in [0.717, 1.165) is 12.1 Å². The van der Waals surface area contributed by atoms with Crippen molar-refractivity contribution in [3.05, 3.63) is 35.0 Å². The van der Waals surface area contributed by atoms with Crippen molar-refractivity contribution in [2.45, 2.75) is 5.03 Å². The normalized spacial score (nSPS) is 11.2. The summed E-state index contributed by atoms with van der Waals surface area (Å²) >= 11 is 0. The molecule has 7 heteroatoms. The quantitative estimate of drug-likeness (QED) is 0.652. The van der Waals surface area contributed by atoms with Gasteiger partial charge in [0.2, 0.25) is 5.56 Å². The van der Waals surface area contributed by atoms with Gasteiger partial charge >= 0.3 is 5.24 Å². The molecule has 1 radical (unpaired) electrons. The van der Waals surface area contributed by atoms with Gasteiger partial charge in [-0.2, -0.15) is 0 Å². The Morgan fingerprint density at radius 1 is 1.43 bits per heavy atom. The molecule has 0 aromatic carbocycles. The fraction of sp³-hybridized carbons (Fsp3) is 0. The lowest BCUT2D eigenvalue weighted by molar-refractivity contribution is 0.265. The van der Waals surface area contributed by atoms with Gasteiger partial charge in [0.15, 0.2) is 0 Å². The number of rotatable bonds is 1. The summed E-state index contributed by atoms with van der Waals surface area (Å²) in [7, 11) is -4.28. The van der Waals surface area contributed by atoms with Crippen LogP contribution in [0, 0.1) is 6.92 Å². The lowest BCUT2D eigenvalue weighted by atomic mass is 10.3. The summed E-state index contributed by atoms with van der Waals surface area (Å²) < 4.78 is 22.3. The van der Waals surface area contributed by atoms with Crippen LogP contribution in [0.2, 0.25) is 0 Å². The predicted octanol–water partition coefficient (Wildman–Crippen LogP) is -0.591. The lowest BCUT2D eigenvalue weighted by Crippen LogP contribution is -2.24. The highest BCUT2D eigenvalue weighted by atomic mass is 32.2. The van der Waals surface area contributed by atoms with E-state index in [9.17, 15) is 18.0 Å². The van der Waals surface area contributed by atoms with Gasteiger partial charge in [0, 0.05) is 6.07 Å². The van der Waals surface area contributed by atoms with Crippen LogP contribution >= 0.6 is 0 Å². The first-order valence-electron chi connectivity index (χ1n) is 3.45. The van der Waals surface area contributed by atoms with E-state index in [1.807, 2.05) is 4.98 Å². The maximum Gasteiger partial charge on any atom is 0.340 e. The number of nitrogens with one attached hydrogen (secondary N) is 1. The van der Waals surface area contributed by atoms with Crippen LogP contribution in [0.15, 0.2) is 22.0 Å². The molecule has 3 N–H and O–H groups in total. The van der Waals surface area contributed by atoms with E-state index in [-0.39, 0.29) is 5.56 Å². The van der Waals surface area contributed by atoms with E-state index in [4.69, 9.17) is 0 Å². The maximum absolute atomic E-state index is 11.2. The Balaban J connectivity index is 3.49. The van der Waals surface area contributed by atoms with E-state index in [1.165, 1.54) is 0 Å². The number of H-pyrrole nitrogens is 1. The lowest BCUT2D eigenvalue weighted by Gasteiger charge is -1.99. The molecule has 1 aromatic heterocycles. The van der Waals surface area contributed by atoms with Crippen molar-refractivity contribution >= 4 is 15.1 Å². The average molecular weight is 215 g/mol. The minimum absolute atomic E-state index is 0.188. The van der Waals surface area contributed by atoms with E-state index in [1.54, 1.807) is 0 Å². The van der Waals surface area contributed by atoms with Crippen molar-refractivity contribution < 1.29 is 13.2 Å².